The summed E-state index contributed by atoms with van der Waals surface area (Å²) in [6.45, 7) is 3.56. The van der Waals surface area contributed by atoms with Gasteiger partial charge in [0.15, 0.2) is 5.78 Å². The second-order valence-corrected chi connectivity index (χ2v) is 6.92. The highest BCUT2D eigenvalue weighted by molar-refractivity contribution is 14.1. The first-order valence-electron chi connectivity index (χ1n) is 6.94. The normalized spacial score (nSPS) is 29.4. The Kier molecular flexibility index (Phi) is 3.80. The molecule has 3 saturated heterocycles. The third-order valence-electron chi connectivity index (χ3n) is 4.56. The van der Waals surface area contributed by atoms with Gasteiger partial charge in [0.2, 0.25) is 0 Å². The van der Waals surface area contributed by atoms with Crippen molar-refractivity contribution in [3.8, 4) is 0 Å². The number of hydrogen-bond acceptors (Lipinski definition) is 3. The van der Waals surface area contributed by atoms with Gasteiger partial charge in [-0.15, -0.1) is 0 Å². The monoisotopic (exact) mass is 370 g/mol. The van der Waals surface area contributed by atoms with Crippen molar-refractivity contribution in [3.05, 3.63) is 27.3 Å². The van der Waals surface area contributed by atoms with Crippen LogP contribution in [0.5, 0.6) is 0 Å². The third-order valence-corrected chi connectivity index (χ3v) is 5.54. The van der Waals surface area contributed by atoms with E-state index in [4.69, 9.17) is 5.73 Å². The molecule has 3 nitrogen and oxygen atoms in total. The zero-order valence-corrected chi connectivity index (χ0v) is 13.1. The number of Topliss-reactive ketones (excluding diaryl/α,β-unsaturated/α-hetero) is 1. The van der Waals surface area contributed by atoms with Gasteiger partial charge in [0.1, 0.15) is 0 Å². The molecular formula is C15H19IN2O. The number of nitrogens with two attached hydrogens (primary N) is 1. The molecule has 0 aromatic heterocycles. The van der Waals surface area contributed by atoms with E-state index in [-0.39, 0.29) is 5.78 Å². The molecule has 102 valence electrons. The summed E-state index contributed by atoms with van der Waals surface area (Å²) >= 11 is 2.19. The lowest BCUT2D eigenvalue weighted by Crippen LogP contribution is -2.47. The average Bonchev–Trinajstić information content (AvgIpc) is 2.43. The van der Waals surface area contributed by atoms with Gasteiger partial charge in [0.05, 0.1) is 0 Å². The molecule has 4 heteroatoms. The van der Waals surface area contributed by atoms with Crippen LogP contribution in [-0.2, 0) is 0 Å². The van der Waals surface area contributed by atoms with Gasteiger partial charge >= 0.3 is 0 Å². The number of piperidine rings is 3. The predicted octanol–water partition coefficient (Wildman–Crippen LogP) is 2.79. The molecule has 3 fully saturated rings. The highest BCUT2D eigenvalue weighted by Crippen LogP contribution is 2.35. The van der Waals surface area contributed by atoms with Crippen molar-refractivity contribution in [3.63, 3.8) is 0 Å². The average molecular weight is 370 g/mol. The minimum atomic E-state index is 0.252. The number of ketones is 1. The van der Waals surface area contributed by atoms with Crippen LogP contribution in [0.1, 0.15) is 29.6 Å². The molecule has 0 aliphatic carbocycles. The van der Waals surface area contributed by atoms with E-state index in [2.05, 4.69) is 27.5 Å². The molecule has 0 amide bonds. The molecule has 4 rings (SSSR count). The number of hydrogen-bond donors (Lipinski definition) is 1. The number of nitrogens with zero attached hydrogens (tertiary/aromatic N) is 1. The highest BCUT2D eigenvalue weighted by atomic mass is 127. The minimum absolute atomic E-state index is 0.252. The lowest BCUT2D eigenvalue weighted by molar-refractivity contribution is 0.0441. The molecule has 19 heavy (non-hydrogen) atoms. The number of halogens is 1. The Morgan fingerprint density at radius 1 is 1.37 bits per heavy atom. The topological polar surface area (TPSA) is 46.3 Å². The number of anilines is 1. The van der Waals surface area contributed by atoms with Crippen LogP contribution < -0.4 is 5.73 Å². The molecule has 0 saturated carbocycles. The number of carbonyl (C=O) groups excluding carboxylic acids is 1. The van der Waals surface area contributed by atoms with E-state index in [1.54, 1.807) is 0 Å². The summed E-state index contributed by atoms with van der Waals surface area (Å²) in [6.07, 6.45) is 3.22. The van der Waals surface area contributed by atoms with Gasteiger partial charge in [-0.05, 0) is 72.5 Å². The van der Waals surface area contributed by atoms with Gasteiger partial charge < -0.3 is 10.6 Å². The van der Waals surface area contributed by atoms with Crippen LogP contribution in [0, 0.1) is 15.4 Å². The van der Waals surface area contributed by atoms with E-state index < -0.39 is 0 Å². The number of benzene rings is 1. The van der Waals surface area contributed by atoms with Gasteiger partial charge in [-0.25, -0.2) is 0 Å². The number of rotatable bonds is 3. The third kappa shape index (κ3) is 2.79. The molecule has 1 atom stereocenters. The quantitative estimate of drug-likeness (QED) is 0.506. The Bertz CT molecular complexity index is 495. The van der Waals surface area contributed by atoms with Crippen LogP contribution in [0.4, 0.5) is 5.69 Å². The smallest absolute Gasteiger partial charge is 0.163 e. The molecule has 1 aromatic rings. The fourth-order valence-electron chi connectivity index (χ4n) is 3.39. The van der Waals surface area contributed by atoms with Crippen molar-refractivity contribution in [2.24, 2.45) is 11.8 Å². The van der Waals surface area contributed by atoms with Crippen molar-refractivity contribution in [2.75, 3.05) is 25.4 Å². The highest BCUT2D eigenvalue weighted by Gasteiger charge is 2.35. The molecule has 2 N–H and O–H groups in total. The molecular weight excluding hydrogens is 351 g/mol. The zero-order valence-electron chi connectivity index (χ0n) is 10.9. The Morgan fingerprint density at radius 3 is 2.68 bits per heavy atom. The molecule has 1 aromatic carbocycles. The van der Waals surface area contributed by atoms with Crippen molar-refractivity contribution in [1.82, 2.24) is 4.90 Å². The van der Waals surface area contributed by atoms with Crippen molar-refractivity contribution in [2.45, 2.75) is 19.3 Å². The maximum absolute atomic E-state index is 12.4. The first-order chi connectivity index (χ1) is 9.13. The maximum Gasteiger partial charge on any atom is 0.163 e. The van der Waals surface area contributed by atoms with Gasteiger partial charge in [0.25, 0.3) is 0 Å². The second kappa shape index (κ2) is 5.40. The van der Waals surface area contributed by atoms with Crippen LogP contribution in [0.2, 0.25) is 0 Å². The van der Waals surface area contributed by atoms with Crippen LogP contribution >= 0.6 is 22.6 Å². The van der Waals surface area contributed by atoms with E-state index >= 15 is 0 Å². The lowest BCUT2D eigenvalue weighted by atomic mass is 9.76. The standard InChI is InChI=1S/C15H19IN2O/c16-13-2-1-11(7-14(13)17)15(19)8-12-9-18-5-3-10(12)4-6-18/h1-2,7,10,12H,3-6,8-9,17H2. The molecule has 0 radical (unpaired) electrons. The summed E-state index contributed by atoms with van der Waals surface area (Å²) in [4.78, 5) is 14.9. The van der Waals surface area contributed by atoms with Gasteiger partial charge in [-0.1, -0.05) is 6.07 Å². The van der Waals surface area contributed by atoms with Crippen molar-refractivity contribution in [1.29, 1.82) is 0 Å². The van der Waals surface area contributed by atoms with Gasteiger partial charge in [-0.3, -0.25) is 4.79 Å². The summed E-state index contributed by atoms with van der Waals surface area (Å²) in [5.41, 5.74) is 7.37. The van der Waals surface area contributed by atoms with E-state index in [9.17, 15) is 4.79 Å². The Labute approximate surface area is 127 Å². The Morgan fingerprint density at radius 2 is 2.11 bits per heavy atom. The van der Waals surface area contributed by atoms with Crippen LogP contribution in [0.15, 0.2) is 18.2 Å². The van der Waals surface area contributed by atoms with E-state index in [1.807, 2.05) is 18.2 Å². The predicted molar refractivity (Wildman–Crippen MR) is 85.2 cm³/mol. The fourth-order valence-corrected chi connectivity index (χ4v) is 3.73. The first kappa shape index (κ1) is 13.4. The molecule has 3 aliphatic heterocycles. The van der Waals surface area contributed by atoms with Crippen molar-refractivity contribution >= 4 is 34.1 Å². The van der Waals surface area contributed by atoms with E-state index in [0.717, 1.165) is 21.6 Å². The Hall–Kier alpha value is -0.620. The number of fused-ring (bicyclic) bond motifs is 3. The maximum atomic E-state index is 12.4. The second-order valence-electron chi connectivity index (χ2n) is 5.76. The SMILES string of the molecule is Nc1cc(C(=O)CC2CN3CCC2CC3)ccc1I. The summed E-state index contributed by atoms with van der Waals surface area (Å²) < 4.78 is 1.01. The number of carbonyl (C=O) groups is 1. The van der Waals surface area contributed by atoms with Crippen LogP contribution in [0.25, 0.3) is 0 Å². The first-order valence-corrected chi connectivity index (χ1v) is 8.02. The largest absolute Gasteiger partial charge is 0.398 e. The summed E-state index contributed by atoms with van der Waals surface area (Å²) in [5, 5.41) is 0. The zero-order chi connectivity index (χ0) is 13.4. The fraction of sp³-hybridized carbons (Fsp3) is 0.533. The minimum Gasteiger partial charge on any atom is -0.398 e. The summed E-state index contributed by atoms with van der Waals surface area (Å²) in [7, 11) is 0. The Balaban J connectivity index is 1.69. The van der Waals surface area contributed by atoms with Crippen LogP contribution in [0.3, 0.4) is 0 Å². The van der Waals surface area contributed by atoms with E-state index in [0.29, 0.717) is 18.0 Å². The summed E-state index contributed by atoms with van der Waals surface area (Å²) in [5.74, 6) is 1.56. The molecule has 0 spiro atoms. The molecule has 3 aliphatic rings. The van der Waals surface area contributed by atoms with Gasteiger partial charge in [-0.2, -0.15) is 0 Å². The summed E-state index contributed by atoms with van der Waals surface area (Å²) in [6, 6.07) is 5.66. The molecule has 2 bridgehead atoms. The molecule has 3 heterocycles. The number of nitrogen functional groups attached to an aromatic ring is 1. The van der Waals surface area contributed by atoms with E-state index in [1.165, 1.54) is 25.9 Å². The van der Waals surface area contributed by atoms with Crippen LogP contribution in [-0.4, -0.2) is 30.3 Å². The van der Waals surface area contributed by atoms with Crippen molar-refractivity contribution < 1.29 is 4.79 Å². The molecule has 1 unspecified atom stereocenters. The van der Waals surface area contributed by atoms with Gasteiger partial charge in [0, 0.05) is 27.8 Å². The lowest BCUT2D eigenvalue weighted by Gasteiger charge is -2.44.